The Kier molecular flexibility index (Phi) is 4.76. The third-order valence-electron chi connectivity index (χ3n) is 4.23. The molecule has 2 aromatic rings. The van der Waals surface area contributed by atoms with Gasteiger partial charge in [-0.1, -0.05) is 23.7 Å². The van der Waals surface area contributed by atoms with Crippen LogP contribution in [0.4, 0.5) is 15.8 Å². The molecule has 0 amide bonds. The van der Waals surface area contributed by atoms with Crippen LogP contribution < -0.4 is 15.4 Å². The molecule has 3 rings (SSSR count). The summed E-state index contributed by atoms with van der Waals surface area (Å²) in [5, 5.41) is 4.40. The Hall–Kier alpha value is -2.08. The van der Waals surface area contributed by atoms with Gasteiger partial charge in [-0.2, -0.15) is 5.10 Å². The summed E-state index contributed by atoms with van der Waals surface area (Å²) in [5.74, 6) is -0.217. The van der Waals surface area contributed by atoms with E-state index in [0.717, 1.165) is 0 Å². The predicted molar refractivity (Wildman–Crippen MR) is 94.7 cm³/mol. The summed E-state index contributed by atoms with van der Waals surface area (Å²) >= 11 is 6.27. The molecule has 0 unspecified atom stereocenters. The van der Waals surface area contributed by atoms with Crippen LogP contribution in [0, 0.1) is 5.82 Å². The van der Waals surface area contributed by atoms with Crippen molar-refractivity contribution in [3.63, 3.8) is 0 Å². The third kappa shape index (κ3) is 3.11. The third-order valence-corrected chi connectivity index (χ3v) is 4.58. The lowest BCUT2D eigenvalue weighted by Crippen LogP contribution is -2.47. The molecule has 1 saturated heterocycles. The van der Waals surface area contributed by atoms with Crippen LogP contribution in [-0.2, 0) is 0 Å². The highest BCUT2D eigenvalue weighted by atomic mass is 35.5. The highest BCUT2D eigenvalue weighted by Crippen LogP contribution is 2.25. The molecule has 1 aromatic carbocycles. The first kappa shape index (κ1) is 16.8. The molecule has 128 valence electrons. The van der Waals surface area contributed by atoms with Crippen molar-refractivity contribution >= 4 is 23.0 Å². The van der Waals surface area contributed by atoms with Crippen molar-refractivity contribution in [1.29, 1.82) is 0 Å². The van der Waals surface area contributed by atoms with Gasteiger partial charge in [-0.15, -0.1) is 0 Å². The average molecular weight is 351 g/mol. The number of benzene rings is 1. The standard InChI is InChI=1S/C17H20ClFN4O/c1-12(2)23-17(24)16(18)15(11-20-23)22-9-7-21(8-10-22)14-6-4-3-5-13(14)19/h3-6,11-12H,7-10H2,1-2H3. The monoisotopic (exact) mass is 350 g/mol. The first-order valence-electron chi connectivity index (χ1n) is 8.00. The number of halogens is 2. The van der Waals surface area contributed by atoms with Crippen LogP contribution in [0.3, 0.4) is 0 Å². The lowest BCUT2D eigenvalue weighted by atomic mass is 10.2. The van der Waals surface area contributed by atoms with Crippen molar-refractivity contribution in [2.24, 2.45) is 0 Å². The van der Waals surface area contributed by atoms with Gasteiger partial charge in [0.2, 0.25) is 0 Å². The molecular weight excluding hydrogens is 331 g/mol. The maximum Gasteiger partial charge on any atom is 0.287 e. The van der Waals surface area contributed by atoms with Crippen molar-refractivity contribution in [1.82, 2.24) is 9.78 Å². The SMILES string of the molecule is CC(C)n1ncc(N2CCN(c3ccccc3F)CC2)c(Cl)c1=O. The van der Waals surface area contributed by atoms with Crippen LogP contribution in [0.1, 0.15) is 19.9 Å². The van der Waals surface area contributed by atoms with Crippen molar-refractivity contribution in [2.45, 2.75) is 19.9 Å². The van der Waals surface area contributed by atoms with Crippen LogP contribution in [-0.4, -0.2) is 36.0 Å². The zero-order valence-corrected chi connectivity index (χ0v) is 14.5. The summed E-state index contributed by atoms with van der Waals surface area (Å²) in [6.07, 6.45) is 1.64. The fraction of sp³-hybridized carbons (Fsp3) is 0.412. The molecule has 7 heteroatoms. The fourth-order valence-corrected chi connectivity index (χ4v) is 3.18. The number of aromatic nitrogens is 2. The lowest BCUT2D eigenvalue weighted by Gasteiger charge is -2.37. The number of nitrogens with zero attached hydrogens (tertiary/aromatic N) is 4. The minimum Gasteiger partial charge on any atom is -0.366 e. The summed E-state index contributed by atoms with van der Waals surface area (Å²) in [6.45, 7) is 6.39. The molecule has 0 saturated carbocycles. The van der Waals surface area contributed by atoms with Gasteiger partial charge in [0.1, 0.15) is 10.8 Å². The zero-order chi connectivity index (χ0) is 17.3. The van der Waals surface area contributed by atoms with Gasteiger partial charge in [0.15, 0.2) is 0 Å². The zero-order valence-electron chi connectivity index (χ0n) is 13.7. The smallest absolute Gasteiger partial charge is 0.287 e. The molecular formula is C17H20ClFN4O. The van der Waals surface area contributed by atoms with E-state index in [2.05, 4.69) is 5.10 Å². The second-order valence-electron chi connectivity index (χ2n) is 6.11. The molecule has 1 aliphatic heterocycles. The van der Waals surface area contributed by atoms with E-state index < -0.39 is 0 Å². The van der Waals surface area contributed by atoms with Gasteiger partial charge in [-0.3, -0.25) is 4.79 Å². The van der Waals surface area contributed by atoms with Crippen LogP contribution in [0.15, 0.2) is 35.3 Å². The van der Waals surface area contributed by atoms with Gasteiger partial charge >= 0.3 is 0 Å². The maximum atomic E-state index is 13.9. The van der Waals surface area contributed by atoms with Crippen molar-refractivity contribution in [3.05, 3.63) is 51.7 Å². The summed E-state index contributed by atoms with van der Waals surface area (Å²) in [6, 6.07) is 6.72. The molecule has 1 aromatic heterocycles. The quantitative estimate of drug-likeness (QED) is 0.853. The Morgan fingerprint density at radius 3 is 2.25 bits per heavy atom. The Bertz CT molecular complexity index is 784. The van der Waals surface area contributed by atoms with Gasteiger partial charge < -0.3 is 9.80 Å². The van der Waals surface area contributed by atoms with Gasteiger partial charge in [0, 0.05) is 26.2 Å². The number of hydrogen-bond donors (Lipinski definition) is 0. The van der Waals surface area contributed by atoms with E-state index >= 15 is 0 Å². The largest absolute Gasteiger partial charge is 0.366 e. The summed E-state index contributed by atoms with van der Waals surface area (Å²) in [4.78, 5) is 16.3. The van der Waals surface area contributed by atoms with E-state index in [4.69, 9.17) is 11.6 Å². The van der Waals surface area contributed by atoms with Crippen LogP contribution in [0.25, 0.3) is 0 Å². The van der Waals surface area contributed by atoms with E-state index in [1.165, 1.54) is 10.7 Å². The molecule has 0 aliphatic carbocycles. The average Bonchev–Trinajstić information content (AvgIpc) is 2.58. The van der Waals surface area contributed by atoms with Crippen molar-refractivity contribution in [2.75, 3.05) is 36.0 Å². The predicted octanol–water partition coefficient (Wildman–Crippen LogP) is 2.94. The molecule has 0 radical (unpaired) electrons. The van der Waals surface area contributed by atoms with Gasteiger partial charge in [0.25, 0.3) is 5.56 Å². The fourth-order valence-electron chi connectivity index (χ4n) is 2.92. The van der Waals surface area contributed by atoms with E-state index in [9.17, 15) is 9.18 Å². The lowest BCUT2D eigenvalue weighted by molar-refractivity contribution is 0.501. The molecule has 0 spiro atoms. The minimum atomic E-state index is -0.277. The Morgan fingerprint density at radius 2 is 1.67 bits per heavy atom. The van der Waals surface area contributed by atoms with Gasteiger partial charge in [-0.05, 0) is 26.0 Å². The molecule has 2 heterocycles. The second-order valence-corrected chi connectivity index (χ2v) is 6.49. The van der Waals surface area contributed by atoms with Crippen LogP contribution >= 0.6 is 11.6 Å². The van der Waals surface area contributed by atoms with Crippen molar-refractivity contribution < 1.29 is 4.39 Å². The molecule has 0 atom stereocenters. The molecule has 24 heavy (non-hydrogen) atoms. The van der Waals surface area contributed by atoms with E-state index in [-0.39, 0.29) is 22.4 Å². The Morgan fingerprint density at radius 1 is 1.08 bits per heavy atom. The van der Waals surface area contributed by atoms with Crippen LogP contribution in [0.5, 0.6) is 0 Å². The topological polar surface area (TPSA) is 41.4 Å². The first-order valence-corrected chi connectivity index (χ1v) is 8.38. The van der Waals surface area contributed by atoms with E-state index in [0.29, 0.717) is 37.6 Å². The highest BCUT2D eigenvalue weighted by molar-refractivity contribution is 6.33. The van der Waals surface area contributed by atoms with Crippen molar-refractivity contribution in [3.8, 4) is 0 Å². The number of anilines is 2. The van der Waals surface area contributed by atoms with Crippen LogP contribution in [0.2, 0.25) is 5.02 Å². The first-order chi connectivity index (χ1) is 11.5. The highest BCUT2D eigenvalue weighted by Gasteiger charge is 2.23. The summed E-state index contributed by atoms with van der Waals surface area (Å²) in [5.41, 5.74) is 0.976. The summed E-state index contributed by atoms with van der Waals surface area (Å²) < 4.78 is 15.3. The maximum absolute atomic E-state index is 13.9. The Labute approximate surface area is 145 Å². The number of hydrogen-bond acceptors (Lipinski definition) is 4. The Balaban J connectivity index is 1.77. The number of rotatable bonds is 3. The summed E-state index contributed by atoms with van der Waals surface area (Å²) in [7, 11) is 0. The molecule has 1 fully saturated rings. The molecule has 1 aliphatic rings. The second kappa shape index (κ2) is 6.81. The van der Waals surface area contributed by atoms with Gasteiger partial charge in [-0.25, -0.2) is 9.07 Å². The van der Waals surface area contributed by atoms with Gasteiger partial charge in [0.05, 0.1) is 23.6 Å². The molecule has 0 bridgehead atoms. The van der Waals surface area contributed by atoms with E-state index in [1.54, 1.807) is 18.3 Å². The van der Waals surface area contributed by atoms with E-state index in [1.807, 2.05) is 29.7 Å². The molecule has 0 N–H and O–H groups in total. The number of para-hydroxylation sites is 1. The normalized spacial score (nSPS) is 15.2. The number of piperazine rings is 1. The molecule has 5 nitrogen and oxygen atoms in total. The minimum absolute atomic E-state index is 0.0399.